The van der Waals surface area contributed by atoms with Gasteiger partial charge in [-0.1, -0.05) is 24.3 Å². The maximum Gasteiger partial charge on any atom is 0.191 e. The summed E-state index contributed by atoms with van der Waals surface area (Å²) < 4.78 is 1.89. The summed E-state index contributed by atoms with van der Waals surface area (Å²) in [5.74, 6) is 0.806. The second-order valence-corrected chi connectivity index (χ2v) is 4.55. The fourth-order valence-corrected chi connectivity index (χ4v) is 1.93. The third-order valence-electron chi connectivity index (χ3n) is 3.12. The predicted octanol–water partition coefficient (Wildman–Crippen LogP) is 2.17. The average Bonchev–Trinajstić information content (AvgIpc) is 2.97. The summed E-state index contributed by atoms with van der Waals surface area (Å²) >= 11 is 0. The molecule has 114 valence electrons. The Morgan fingerprint density at radius 3 is 2.71 bits per heavy atom. The van der Waals surface area contributed by atoms with Crippen LogP contribution in [0.25, 0.3) is 0 Å². The Bertz CT molecular complexity index is 551. The smallest absolute Gasteiger partial charge is 0.191 e. The Labute approximate surface area is 142 Å². The first-order valence-corrected chi connectivity index (χ1v) is 6.76. The van der Waals surface area contributed by atoms with Crippen LogP contribution in [-0.2, 0) is 13.1 Å². The number of nitrogens with one attached hydrogen (secondary N) is 2. The second-order valence-electron chi connectivity index (χ2n) is 4.55. The summed E-state index contributed by atoms with van der Waals surface area (Å²) in [4.78, 5) is 4.22. The monoisotopic (exact) mass is 399 g/mol. The quantitative estimate of drug-likeness (QED) is 0.461. The predicted molar refractivity (Wildman–Crippen MR) is 97.0 cm³/mol. The van der Waals surface area contributed by atoms with E-state index < -0.39 is 0 Å². The van der Waals surface area contributed by atoms with Gasteiger partial charge in [-0.25, -0.2) is 0 Å². The van der Waals surface area contributed by atoms with Crippen LogP contribution in [-0.4, -0.2) is 29.3 Å². The van der Waals surface area contributed by atoms with Crippen LogP contribution < -0.4 is 10.6 Å². The van der Waals surface area contributed by atoms with E-state index >= 15 is 0 Å². The molecule has 0 amide bonds. The van der Waals surface area contributed by atoms with Crippen LogP contribution in [0.15, 0.2) is 47.7 Å². The molecule has 0 atom stereocenters. The van der Waals surface area contributed by atoms with Crippen molar-refractivity contribution in [3.63, 3.8) is 0 Å². The molecule has 1 heterocycles. The number of rotatable bonds is 5. The highest BCUT2D eigenvalue weighted by Crippen LogP contribution is 2.05. The lowest BCUT2D eigenvalue weighted by Gasteiger charge is -2.13. The molecule has 0 saturated heterocycles. The standard InChI is InChI=1S/C15H21N5.HI/c1-13-6-3-4-7-14(13)12-18-15(16-2)17-9-11-20-10-5-8-19-20;/h3-8,10H,9,11-12H2,1-2H3,(H2,16,17,18);1H. The van der Waals surface area contributed by atoms with Gasteiger partial charge in [0.1, 0.15) is 0 Å². The summed E-state index contributed by atoms with van der Waals surface area (Å²) in [6.45, 7) is 4.49. The third-order valence-corrected chi connectivity index (χ3v) is 3.12. The fourth-order valence-electron chi connectivity index (χ4n) is 1.93. The van der Waals surface area contributed by atoms with E-state index in [-0.39, 0.29) is 24.0 Å². The highest BCUT2D eigenvalue weighted by Gasteiger charge is 2.00. The number of guanidine groups is 1. The van der Waals surface area contributed by atoms with Gasteiger partial charge in [0.25, 0.3) is 0 Å². The van der Waals surface area contributed by atoms with E-state index in [9.17, 15) is 0 Å². The summed E-state index contributed by atoms with van der Waals surface area (Å²) in [6.07, 6.45) is 3.73. The van der Waals surface area contributed by atoms with Crippen LogP contribution in [0, 0.1) is 6.92 Å². The molecule has 0 bridgehead atoms. The fraction of sp³-hybridized carbons (Fsp3) is 0.333. The van der Waals surface area contributed by atoms with Crippen LogP contribution >= 0.6 is 24.0 Å². The molecule has 0 aliphatic heterocycles. The molecule has 2 rings (SSSR count). The zero-order valence-electron chi connectivity index (χ0n) is 12.4. The molecular weight excluding hydrogens is 377 g/mol. The van der Waals surface area contributed by atoms with Crippen molar-refractivity contribution in [3.05, 3.63) is 53.9 Å². The van der Waals surface area contributed by atoms with Crippen molar-refractivity contribution < 1.29 is 0 Å². The molecule has 2 N–H and O–H groups in total. The average molecular weight is 399 g/mol. The first kappa shape index (κ1) is 17.5. The Morgan fingerprint density at radius 1 is 1.24 bits per heavy atom. The molecular formula is C15H22IN5. The molecule has 0 unspecified atom stereocenters. The molecule has 0 radical (unpaired) electrons. The van der Waals surface area contributed by atoms with Crippen molar-refractivity contribution in [1.29, 1.82) is 0 Å². The Balaban J connectivity index is 0.00000220. The molecule has 0 spiro atoms. The first-order valence-electron chi connectivity index (χ1n) is 6.76. The van der Waals surface area contributed by atoms with Gasteiger partial charge in [0, 0.05) is 32.5 Å². The van der Waals surface area contributed by atoms with E-state index in [1.165, 1.54) is 11.1 Å². The summed E-state index contributed by atoms with van der Waals surface area (Å²) in [7, 11) is 1.78. The van der Waals surface area contributed by atoms with Crippen LogP contribution in [0.2, 0.25) is 0 Å². The highest BCUT2D eigenvalue weighted by atomic mass is 127. The summed E-state index contributed by atoms with van der Waals surface area (Å²) in [5, 5.41) is 10.8. The Morgan fingerprint density at radius 2 is 2.05 bits per heavy atom. The number of halogens is 1. The SMILES string of the molecule is CN=C(NCCn1cccn1)NCc1ccccc1C.I. The highest BCUT2D eigenvalue weighted by molar-refractivity contribution is 14.0. The lowest BCUT2D eigenvalue weighted by molar-refractivity contribution is 0.597. The van der Waals surface area contributed by atoms with Gasteiger partial charge in [-0.3, -0.25) is 9.67 Å². The molecule has 2 aromatic rings. The maximum absolute atomic E-state index is 4.22. The Hall–Kier alpha value is -1.57. The van der Waals surface area contributed by atoms with Crippen LogP contribution in [0.3, 0.4) is 0 Å². The molecule has 0 saturated carbocycles. The number of aromatic nitrogens is 2. The molecule has 6 heteroatoms. The van der Waals surface area contributed by atoms with Crippen LogP contribution in [0.4, 0.5) is 0 Å². The van der Waals surface area contributed by atoms with Gasteiger partial charge in [0.15, 0.2) is 5.96 Å². The third kappa shape index (κ3) is 5.74. The zero-order valence-corrected chi connectivity index (χ0v) is 14.7. The van der Waals surface area contributed by atoms with E-state index in [0.29, 0.717) is 0 Å². The normalized spacial score (nSPS) is 10.9. The molecule has 1 aromatic heterocycles. The lowest BCUT2D eigenvalue weighted by Crippen LogP contribution is -2.38. The first-order chi connectivity index (χ1) is 9.79. The van der Waals surface area contributed by atoms with Crippen molar-refractivity contribution in [2.75, 3.05) is 13.6 Å². The van der Waals surface area contributed by atoms with Gasteiger partial charge in [-0.15, -0.1) is 24.0 Å². The van der Waals surface area contributed by atoms with Crippen molar-refractivity contribution in [3.8, 4) is 0 Å². The van der Waals surface area contributed by atoms with E-state index in [0.717, 1.165) is 25.6 Å². The van der Waals surface area contributed by atoms with Crippen LogP contribution in [0.1, 0.15) is 11.1 Å². The van der Waals surface area contributed by atoms with Crippen LogP contribution in [0.5, 0.6) is 0 Å². The van der Waals surface area contributed by atoms with Gasteiger partial charge >= 0.3 is 0 Å². The van der Waals surface area contributed by atoms with Crippen molar-refractivity contribution >= 4 is 29.9 Å². The molecule has 21 heavy (non-hydrogen) atoms. The Kier molecular flexibility index (Phi) is 7.81. The van der Waals surface area contributed by atoms with Crippen molar-refractivity contribution in [1.82, 2.24) is 20.4 Å². The zero-order chi connectivity index (χ0) is 14.2. The number of nitrogens with zero attached hydrogens (tertiary/aromatic N) is 3. The van der Waals surface area contributed by atoms with Crippen molar-refractivity contribution in [2.24, 2.45) is 4.99 Å². The topological polar surface area (TPSA) is 54.2 Å². The molecule has 0 fully saturated rings. The minimum Gasteiger partial charge on any atom is -0.355 e. The molecule has 0 aliphatic rings. The molecule has 5 nitrogen and oxygen atoms in total. The van der Waals surface area contributed by atoms with Gasteiger partial charge in [-0.05, 0) is 24.1 Å². The maximum atomic E-state index is 4.22. The van der Waals surface area contributed by atoms with E-state index in [4.69, 9.17) is 0 Å². The second kappa shape index (κ2) is 9.38. The summed E-state index contributed by atoms with van der Waals surface area (Å²) in [6, 6.07) is 10.3. The van der Waals surface area contributed by atoms with Gasteiger partial charge < -0.3 is 10.6 Å². The van der Waals surface area contributed by atoms with E-state index in [1.807, 2.05) is 16.9 Å². The van der Waals surface area contributed by atoms with E-state index in [1.54, 1.807) is 13.2 Å². The molecule has 1 aromatic carbocycles. The van der Waals surface area contributed by atoms with E-state index in [2.05, 4.69) is 51.9 Å². The minimum atomic E-state index is 0. The minimum absolute atomic E-state index is 0. The van der Waals surface area contributed by atoms with Gasteiger partial charge in [0.2, 0.25) is 0 Å². The summed E-state index contributed by atoms with van der Waals surface area (Å²) in [5.41, 5.74) is 2.56. The number of hydrogen-bond donors (Lipinski definition) is 2. The van der Waals surface area contributed by atoms with Crippen molar-refractivity contribution in [2.45, 2.75) is 20.0 Å². The molecule has 0 aliphatic carbocycles. The number of aliphatic imine (C=N–C) groups is 1. The lowest BCUT2D eigenvalue weighted by atomic mass is 10.1. The number of benzene rings is 1. The largest absolute Gasteiger partial charge is 0.355 e. The number of hydrogen-bond acceptors (Lipinski definition) is 2. The van der Waals surface area contributed by atoms with Gasteiger partial charge in [0.05, 0.1) is 6.54 Å². The number of aryl methyl sites for hydroxylation is 1. The van der Waals surface area contributed by atoms with Gasteiger partial charge in [-0.2, -0.15) is 5.10 Å².